The summed E-state index contributed by atoms with van der Waals surface area (Å²) >= 11 is 0. The van der Waals surface area contributed by atoms with Crippen molar-refractivity contribution in [2.45, 2.75) is 84.1 Å². The number of likely N-dealkylation sites (N-methyl/N-ethyl adjacent to an activating group) is 1. The van der Waals surface area contributed by atoms with Crippen molar-refractivity contribution in [1.82, 2.24) is 10.2 Å². The number of carbonyl (C=O) groups excluding carboxylic acids is 2. The summed E-state index contributed by atoms with van der Waals surface area (Å²) in [5, 5.41) is 3.13. The summed E-state index contributed by atoms with van der Waals surface area (Å²) in [6.07, 6.45) is 10.9. The lowest BCUT2D eigenvalue weighted by Crippen LogP contribution is -2.54. The van der Waals surface area contributed by atoms with Crippen molar-refractivity contribution >= 4 is 11.8 Å². The molecule has 1 aliphatic rings. The average Bonchev–Trinajstić information content (AvgIpc) is 2.90. The molecule has 5 nitrogen and oxygen atoms in total. The van der Waals surface area contributed by atoms with Crippen molar-refractivity contribution < 1.29 is 14.1 Å². The number of hydrogen-bond acceptors (Lipinski definition) is 2. The van der Waals surface area contributed by atoms with Crippen molar-refractivity contribution in [1.29, 1.82) is 0 Å². The largest absolute Gasteiger partial charge is 0.348 e. The zero-order valence-electron chi connectivity index (χ0n) is 17.0. The first-order chi connectivity index (χ1) is 11.8. The molecular formula is C20H40N3O2+. The van der Waals surface area contributed by atoms with E-state index in [1.807, 2.05) is 4.90 Å². The Hall–Kier alpha value is -1.10. The van der Waals surface area contributed by atoms with Gasteiger partial charge in [0.1, 0.15) is 0 Å². The highest BCUT2D eigenvalue weighted by molar-refractivity contribution is 5.77. The second-order valence-corrected chi connectivity index (χ2v) is 8.36. The van der Waals surface area contributed by atoms with Crippen LogP contribution in [-0.2, 0) is 9.59 Å². The van der Waals surface area contributed by atoms with Gasteiger partial charge in [0.05, 0.1) is 26.7 Å². The topological polar surface area (TPSA) is 49.4 Å². The highest BCUT2D eigenvalue weighted by atomic mass is 16.2. The molecule has 1 atom stereocenters. The van der Waals surface area contributed by atoms with Crippen molar-refractivity contribution in [2.75, 3.05) is 33.9 Å². The van der Waals surface area contributed by atoms with E-state index in [0.29, 0.717) is 12.8 Å². The molecule has 0 spiro atoms. The maximum Gasteiger partial charge on any atom is 0.226 e. The smallest absolute Gasteiger partial charge is 0.226 e. The molecule has 0 bridgehead atoms. The van der Waals surface area contributed by atoms with Crippen LogP contribution in [0.25, 0.3) is 0 Å². The van der Waals surface area contributed by atoms with Crippen molar-refractivity contribution in [3.63, 3.8) is 0 Å². The Kier molecular flexibility index (Phi) is 10.1. The maximum atomic E-state index is 12.1. The fourth-order valence-corrected chi connectivity index (χ4v) is 3.75. The normalized spacial score (nSPS) is 16.3. The Bertz CT molecular complexity index is 410. The third-order valence-corrected chi connectivity index (χ3v) is 4.91. The Labute approximate surface area is 154 Å². The fourth-order valence-electron chi connectivity index (χ4n) is 3.75. The average molecular weight is 355 g/mol. The Morgan fingerprint density at radius 1 is 1.16 bits per heavy atom. The summed E-state index contributed by atoms with van der Waals surface area (Å²) in [4.78, 5) is 25.8. The van der Waals surface area contributed by atoms with Gasteiger partial charge in [-0.2, -0.15) is 0 Å². The van der Waals surface area contributed by atoms with Crippen LogP contribution in [-0.4, -0.2) is 61.1 Å². The van der Waals surface area contributed by atoms with E-state index in [-0.39, 0.29) is 17.9 Å². The van der Waals surface area contributed by atoms with Crippen LogP contribution in [0.2, 0.25) is 0 Å². The van der Waals surface area contributed by atoms with Crippen molar-refractivity contribution in [3.8, 4) is 0 Å². The molecule has 0 aliphatic carbocycles. The van der Waals surface area contributed by atoms with Gasteiger partial charge >= 0.3 is 0 Å². The zero-order chi connectivity index (χ0) is 18.7. The highest BCUT2D eigenvalue weighted by Crippen LogP contribution is 2.13. The molecule has 1 aliphatic heterocycles. The molecule has 0 aromatic heterocycles. The molecule has 1 fully saturated rings. The van der Waals surface area contributed by atoms with Crippen LogP contribution in [0.5, 0.6) is 0 Å². The van der Waals surface area contributed by atoms with Crippen LogP contribution in [0.4, 0.5) is 0 Å². The third kappa shape index (κ3) is 9.83. The van der Waals surface area contributed by atoms with Gasteiger partial charge in [0, 0.05) is 19.4 Å². The predicted octanol–water partition coefficient (Wildman–Crippen LogP) is 3.29. The molecule has 25 heavy (non-hydrogen) atoms. The molecule has 5 heteroatoms. The zero-order valence-corrected chi connectivity index (χ0v) is 17.0. The summed E-state index contributed by atoms with van der Waals surface area (Å²) in [6, 6.07) is 0.129. The molecule has 1 heterocycles. The van der Waals surface area contributed by atoms with Gasteiger partial charge in [0.25, 0.3) is 0 Å². The van der Waals surface area contributed by atoms with E-state index >= 15 is 0 Å². The Morgan fingerprint density at radius 2 is 1.80 bits per heavy atom. The van der Waals surface area contributed by atoms with Crippen LogP contribution in [0.1, 0.15) is 78.1 Å². The van der Waals surface area contributed by atoms with Crippen molar-refractivity contribution in [2.24, 2.45) is 0 Å². The Morgan fingerprint density at radius 3 is 2.40 bits per heavy atom. The molecule has 0 aromatic rings. The van der Waals surface area contributed by atoms with Gasteiger partial charge in [-0.05, 0) is 19.8 Å². The molecule has 1 unspecified atom stereocenters. The minimum Gasteiger partial charge on any atom is -0.348 e. The van der Waals surface area contributed by atoms with Crippen molar-refractivity contribution in [3.05, 3.63) is 0 Å². The molecule has 2 amide bonds. The SMILES string of the molecule is CCCCCCCCCC(=O)NC(C)C[N+](C)(C)CN1CCCC1=O. The quantitative estimate of drug-likeness (QED) is 0.407. The van der Waals surface area contributed by atoms with Gasteiger partial charge in [-0.15, -0.1) is 0 Å². The predicted molar refractivity (Wildman–Crippen MR) is 103 cm³/mol. The van der Waals surface area contributed by atoms with Crippen LogP contribution in [0.3, 0.4) is 0 Å². The lowest BCUT2D eigenvalue weighted by molar-refractivity contribution is -0.899. The second kappa shape index (κ2) is 11.5. The number of quaternary nitrogens is 1. The fraction of sp³-hybridized carbons (Fsp3) is 0.900. The first-order valence-electron chi connectivity index (χ1n) is 10.2. The van der Waals surface area contributed by atoms with Crippen LogP contribution < -0.4 is 5.32 Å². The van der Waals surface area contributed by atoms with Gasteiger partial charge in [-0.3, -0.25) is 14.5 Å². The summed E-state index contributed by atoms with van der Waals surface area (Å²) in [7, 11) is 4.26. The number of amides is 2. The van der Waals surface area contributed by atoms with Gasteiger partial charge in [-0.25, -0.2) is 0 Å². The van der Waals surface area contributed by atoms with E-state index in [4.69, 9.17) is 0 Å². The van der Waals surface area contributed by atoms with Gasteiger partial charge in [0.2, 0.25) is 11.8 Å². The van der Waals surface area contributed by atoms with E-state index in [0.717, 1.165) is 43.5 Å². The van der Waals surface area contributed by atoms with Gasteiger partial charge in [-0.1, -0.05) is 45.4 Å². The number of carbonyl (C=O) groups is 2. The Balaban J connectivity index is 2.16. The molecule has 0 aromatic carbocycles. The molecule has 1 saturated heterocycles. The van der Waals surface area contributed by atoms with Crippen LogP contribution in [0, 0.1) is 0 Å². The van der Waals surface area contributed by atoms with E-state index < -0.39 is 0 Å². The number of rotatable bonds is 13. The summed E-state index contributed by atoms with van der Waals surface area (Å²) in [6.45, 7) is 6.74. The van der Waals surface area contributed by atoms with Gasteiger partial charge in [0.15, 0.2) is 6.67 Å². The second-order valence-electron chi connectivity index (χ2n) is 8.36. The van der Waals surface area contributed by atoms with E-state index in [1.165, 1.54) is 32.1 Å². The van der Waals surface area contributed by atoms with E-state index in [9.17, 15) is 9.59 Å². The standard InChI is InChI=1S/C20H39N3O2/c1-5-6-7-8-9-10-11-13-19(24)21-18(2)16-23(3,4)17-22-15-12-14-20(22)25/h18H,5-17H2,1-4H3/p+1. The first kappa shape index (κ1) is 21.9. The molecule has 1 rings (SSSR count). The van der Waals surface area contributed by atoms with E-state index in [2.05, 4.69) is 33.3 Å². The molecule has 146 valence electrons. The number of nitrogens with zero attached hydrogens (tertiary/aromatic N) is 2. The number of hydrogen-bond donors (Lipinski definition) is 1. The molecule has 0 radical (unpaired) electrons. The molecule has 0 saturated carbocycles. The number of unbranched alkanes of at least 4 members (excludes halogenated alkanes) is 6. The summed E-state index contributed by atoms with van der Waals surface area (Å²) in [5.41, 5.74) is 0. The van der Waals surface area contributed by atoms with Crippen LogP contribution >= 0.6 is 0 Å². The number of nitrogens with one attached hydrogen (secondary N) is 1. The first-order valence-corrected chi connectivity index (χ1v) is 10.2. The lowest BCUT2D eigenvalue weighted by atomic mass is 10.1. The summed E-state index contributed by atoms with van der Waals surface area (Å²) in [5.74, 6) is 0.431. The minimum atomic E-state index is 0.129. The number of likely N-dealkylation sites (tertiary alicyclic amines) is 1. The maximum absolute atomic E-state index is 12.1. The van der Waals surface area contributed by atoms with Gasteiger partial charge < -0.3 is 9.80 Å². The summed E-state index contributed by atoms with van der Waals surface area (Å²) < 4.78 is 0.727. The minimum absolute atomic E-state index is 0.129. The molecule has 1 N–H and O–H groups in total. The molecular weight excluding hydrogens is 314 g/mol. The lowest BCUT2D eigenvalue weighted by Gasteiger charge is -2.35. The third-order valence-electron chi connectivity index (χ3n) is 4.91. The van der Waals surface area contributed by atoms with E-state index in [1.54, 1.807) is 0 Å². The highest BCUT2D eigenvalue weighted by Gasteiger charge is 2.28. The monoisotopic (exact) mass is 354 g/mol. The van der Waals surface area contributed by atoms with Crippen LogP contribution in [0.15, 0.2) is 0 Å².